The lowest BCUT2D eigenvalue weighted by molar-refractivity contribution is 0.529. The van der Waals surface area contributed by atoms with Gasteiger partial charge in [-0.25, -0.2) is 4.98 Å². The average Bonchev–Trinajstić information content (AvgIpc) is 3.60. The Hall–Kier alpha value is -5.35. The van der Waals surface area contributed by atoms with Gasteiger partial charge in [0.15, 0.2) is 0 Å². The lowest BCUT2D eigenvalue weighted by atomic mass is 9.85. The van der Waals surface area contributed by atoms with E-state index in [0.717, 1.165) is 45.7 Å². The van der Waals surface area contributed by atoms with Crippen molar-refractivity contribution in [1.29, 1.82) is 0 Å². The van der Waals surface area contributed by atoms with Crippen LogP contribution < -0.4 is 0 Å². The zero-order valence-electron chi connectivity index (χ0n) is 31.6. The Morgan fingerprint density at radius 1 is 0.654 bits per heavy atom. The molecule has 0 radical (unpaired) electrons. The second-order valence-corrected chi connectivity index (χ2v) is 16.5. The fraction of sp³-hybridized carbons (Fsp3) is 0.271. The number of rotatable bonds is 7. The molecule has 0 aliphatic heterocycles. The molecule has 1 atom stereocenters. The van der Waals surface area contributed by atoms with Crippen molar-refractivity contribution in [3.05, 3.63) is 132 Å². The van der Waals surface area contributed by atoms with E-state index in [0.29, 0.717) is 0 Å². The van der Waals surface area contributed by atoms with Gasteiger partial charge < -0.3 is 8.98 Å². The zero-order valence-corrected chi connectivity index (χ0v) is 31.6. The van der Waals surface area contributed by atoms with Crippen LogP contribution in [0.4, 0.5) is 0 Å². The van der Waals surface area contributed by atoms with Crippen LogP contribution in [0, 0.1) is 5.41 Å². The number of nitrogens with zero attached hydrogens (tertiary/aromatic N) is 3. The molecule has 1 aliphatic carbocycles. The molecule has 9 rings (SSSR count). The van der Waals surface area contributed by atoms with Crippen LogP contribution in [-0.2, 0) is 12.5 Å². The number of imidazole rings is 1. The minimum atomic E-state index is 0.0483. The lowest BCUT2D eigenvalue weighted by Crippen LogP contribution is -2.13. The number of furan rings is 1. The molecule has 3 heterocycles. The van der Waals surface area contributed by atoms with E-state index in [4.69, 9.17) is 9.40 Å². The summed E-state index contributed by atoms with van der Waals surface area (Å²) in [6, 6.07) is 37.5. The predicted molar refractivity (Wildman–Crippen MR) is 218 cm³/mol. The first kappa shape index (κ1) is 32.6. The first-order chi connectivity index (χ1) is 25.0. The highest BCUT2D eigenvalue weighted by molar-refractivity contribution is 6.09. The molecule has 1 aliphatic rings. The first-order valence-electron chi connectivity index (χ1n) is 18.8. The highest BCUT2D eigenvalue weighted by Crippen LogP contribution is 2.65. The quantitative estimate of drug-likeness (QED) is 0.168. The van der Waals surface area contributed by atoms with Gasteiger partial charge in [-0.1, -0.05) is 121 Å². The van der Waals surface area contributed by atoms with Crippen LogP contribution in [0.15, 0.2) is 120 Å². The molecule has 4 heteroatoms. The van der Waals surface area contributed by atoms with Crippen molar-refractivity contribution < 1.29 is 4.42 Å². The maximum atomic E-state index is 6.87. The summed E-state index contributed by atoms with van der Waals surface area (Å²) in [5.74, 6) is 3.35. The normalized spacial score (nSPS) is 17.0. The van der Waals surface area contributed by atoms with Gasteiger partial charge in [0.05, 0.1) is 5.69 Å². The van der Waals surface area contributed by atoms with E-state index in [2.05, 4.69) is 174 Å². The van der Waals surface area contributed by atoms with Crippen molar-refractivity contribution in [2.45, 2.75) is 72.1 Å². The summed E-state index contributed by atoms with van der Waals surface area (Å²) in [7, 11) is 2.19. The first-order valence-corrected chi connectivity index (χ1v) is 18.8. The Labute approximate surface area is 306 Å². The molecule has 1 unspecified atom stereocenters. The Morgan fingerprint density at radius 3 is 1.85 bits per heavy atom. The summed E-state index contributed by atoms with van der Waals surface area (Å²) in [5, 5.41) is 4.89. The Bertz CT molecular complexity index is 2630. The maximum absolute atomic E-state index is 6.87. The number of hydrogen-bond donors (Lipinski definition) is 0. The minimum Gasteiger partial charge on any atom is -0.455 e. The summed E-state index contributed by atoms with van der Waals surface area (Å²) in [4.78, 5) is 5.20. The van der Waals surface area contributed by atoms with Crippen LogP contribution in [0.3, 0.4) is 0 Å². The average molecular weight is 682 g/mol. The van der Waals surface area contributed by atoms with E-state index in [1.54, 1.807) is 0 Å². The van der Waals surface area contributed by atoms with Crippen LogP contribution in [0.5, 0.6) is 0 Å². The Morgan fingerprint density at radius 2 is 1.23 bits per heavy atom. The van der Waals surface area contributed by atoms with Gasteiger partial charge in [-0.2, -0.15) is 0 Å². The van der Waals surface area contributed by atoms with Crippen molar-refractivity contribution in [3.8, 4) is 39.7 Å². The molecule has 0 amide bonds. The monoisotopic (exact) mass is 681 g/mol. The third-order valence-corrected chi connectivity index (χ3v) is 12.3. The van der Waals surface area contributed by atoms with Crippen molar-refractivity contribution in [1.82, 2.24) is 14.1 Å². The molecule has 0 saturated heterocycles. The standard InChI is InChI=1S/C48H47N3O/c1-29(2)36-24-32(45-35-20-13-12-19-34(35)44(52-45)31-16-10-9-11-17-31)25-37(30(3)4)43(36)51-23-22-49-46(51)39-27-42-38(26-40(39)48(7)28-47(48,5)6)33-18-14-15-21-41(33)50(42)8/h9-27,29-30H,28H2,1-8H3. The molecule has 52 heavy (non-hydrogen) atoms. The highest BCUT2D eigenvalue weighted by Gasteiger charge is 2.59. The zero-order chi connectivity index (χ0) is 36.1. The third-order valence-electron chi connectivity index (χ3n) is 12.3. The maximum Gasteiger partial charge on any atom is 0.144 e. The Kier molecular flexibility index (Phi) is 7.25. The summed E-state index contributed by atoms with van der Waals surface area (Å²) >= 11 is 0. The summed E-state index contributed by atoms with van der Waals surface area (Å²) in [6.45, 7) is 16.5. The number of aromatic nitrogens is 3. The number of para-hydroxylation sites is 1. The molecule has 1 saturated carbocycles. The van der Waals surface area contributed by atoms with E-state index in [1.807, 2.05) is 6.20 Å². The molecule has 1 fully saturated rings. The van der Waals surface area contributed by atoms with Crippen LogP contribution >= 0.6 is 0 Å². The molecule has 260 valence electrons. The number of benzene rings is 5. The third kappa shape index (κ3) is 4.76. The number of aryl methyl sites for hydroxylation is 1. The van der Waals surface area contributed by atoms with Crippen molar-refractivity contribution >= 4 is 32.6 Å². The number of hydrogen-bond acceptors (Lipinski definition) is 2. The summed E-state index contributed by atoms with van der Waals surface area (Å²) < 4.78 is 11.6. The molecule has 0 bridgehead atoms. The minimum absolute atomic E-state index is 0.0483. The number of fused-ring (bicyclic) bond motifs is 4. The van der Waals surface area contributed by atoms with Gasteiger partial charge in [-0.15, -0.1) is 0 Å². The van der Waals surface area contributed by atoms with Crippen LogP contribution in [0.1, 0.15) is 83.4 Å². The molecule has 0 N–H and O–H groups in total. The molecule has 5 aromatic carbocycles. The smallest absolute Gasteiger partial charge is 0.144 e. The van der Waals surface area contributed by atoms with Gasteiger partial charge in [0.25, 0.3) is 0 Å². The summed E-state index contributed by atoms with van der Waals surface area (Å²) in [6.07, 6.45) is 5.31. The van der Waals surface area contributed by atoms with Gasteiger partial charge in [0.1, 0.15) is 17.3 Å². The second-order valence-electron chi connectivity index (χ2n) is 16.5. The van der Waals surface area contributed by atoms with E-state index < -0.39 is 0 Å². The fourth-order valence-electron chi connectivity index (χ4n) is 8.91. The van der Waals surface area contributed by atoms with Crippen molar-refractivity contribution in [3.63, 3.8) is 0 Å². The largest absolute Gasteiger partial charge is 0.455 e. The highest BCUT2D eigenvalue weighted by atomic mass is 16.3. The molecular formula is C48H47N3O. The summed E-state index contributed by atoms with van der Waals surface area (Å²) in [5.41, 5.74) is 11.3. The lowest BCUT2D eigenvalue weighted by Gasteiger charge is -2.25. The second kappa shape index (κ2) is 11.6. The SMILES string of the molecule is CC(C)c1cc(-c2oc(-c3ccccc3)c3ccccc23)cc(C(C)C)c1-n1ccnc1-c1cc2c(cc1C1(C)CC1(C)C)c1ccccc1n2C. The van der Waals surface area contributed by atoms with Crippen LogP contribution in [-0.4, -0.2) is 14.1 Å². The molecular weight excluding hydrogens is 635 g/mol. The van der Waals surface area contributed by atoms with Gasteiger partial charge in [-0.3, -0.25) is 4.57 Å². The van der Waals surface area contributed by atoms with Gasteiger partial charge in [-0.05, 0) is 76.1 Å². The van der Waals surface area contributed by atoms with E-state index in [1.165, 1.54) is 49.7 Å². The molecule has 3 aromatic heterocycles. The van der Waals surface area contributed by atoms with E-state index >= 15 is 0 Å². The van der Waals surface area contributed by atoms with Crippen molar-refractivity contribution in [2.24, 2.45) is 12.5 Å². The van der Waals surface area contributed by atoms with E-state index in [-0.39, 0.29) is 22.7 Å². The van der Waals surface area contributed by atoms with Crippen LogP contribution in [0.2, 0.25) is 0 Å². The predicted octanol–water partition coefficient (Wildman–Crippen LogP) is 13.2. The Balaban J connectivity index is 1.29. The molecule has 4 nitrogen and oxygen atoms in total. The van der Waals surface area contributed by atoms with Crippen LogP contribution in [0.25, 0.3) is 72.3 Å². The van der Waals surface area contributed by atoms with Gasteiger partial charge >= 0.3 is 0 Å². The van der Waals surface area contributed by atoms with Gasteiger partial charge in [0.2, 0.25) is 0 Å². The van der Waals surface area contributed by atoms with Gasteiger partial charge in [0, 0.05) is 68.7 Å². The van der Waals surface area contributed by atoms with Crippen molar-refractivity contribution in [2.75, 3.05) is 0 Å². The van der Waals surface area contributed by atoms with E-state index in [9.17, 15) is 0 Å². The topological polar surface area (TPSA) is 35.9 Å². The molecule has 0 spiro atoms. The molecule has 8 aromatic rings. The fourth-order valence-corrected chi connectivity index (χ4v) is 8.91.